The molecule has 1 rings (SSSR count). The minimum atomic E-state index is 0.527. The largest absolute Gasteiger partial charge is 0.0649 e. The van der Waals surface area contributed by atoms with Crippen LogP contribution in [0.4, 0.5) is 0 Å². The van der Waals surface area contributed by atoms with Gasteiger partial charge in [-0.2, -0.15) is 0 Å². The van der Waals surface area contributed by atoms with Crippen LogP contribution in [0.25, 0.3) is 0 Å². The van der Waals surface area contributed by atoms with Crippen LogP contribution < -0.4 is 0 Å². The van der Waals surface area contributed by atoms with Crippen LogP contribution in [0.2, 0.25) is 0 Å². The van der Waals surface area contributed by atoms with Crippen molar-refractivity contribution in [3.8, 4) is 0 Å². The van der Waals surface area contributed by atoms with Crippen molar-refractivity contribution in [2.24, 2.45) is 22.7 Å². The fourth-order valence-corrected chi connectivity index (χ4v) is 2.40. The fourth-order valence-electron chi connectivity index (χ4n) is 2.40. The predicted molar refractivity (Wildman–Crippen MR) is 55.1 cm³/mol. The summed E-state index contributed by atoms with van der Waals surface area (Å²) < 4.78 is 0. The van der Waals surface area contributed by atoms with Gasteiger partial charge in [-0.05, 0) is 29.1 Å². The Morgan fingerprint density at radius 1 is 1.50 bits per heavy atom. The molecule has 0 aromatic rings. The van der Waals surface area contributed by atoms with E-state index in [9.17, 15) is 0 Å². The van der Waals surface area contributed by atoms with Crippen molar-refractivity contribution < 1.29 is 0 Å². The molecule has 0 nitrogen and oxygen atoms in total. The van der Waals surface area contributed by atoms with E-state index in [1.54, 1.807) is 0 Å². The third kappa shape index (κ3) is 1.41. The maximum atomic E-state index is 2.46. The highest BCUT2D eigenvalue weighted by Gasteiger charge is 2.53. The quantitative estimate of drug-likeness (QED) is 0.595. The normalized spacial score (nSPS) is 38.0. The van der Waals surface area contributed by atoms with Gasteiger partial charge in [-0.15, -0.1) is 0 Å². The molecule has 0 amide bonds. The molecule has 0 saturated heterocycles. The van der Waals surface area contributed by atoms with Crippen molar-refractivity contribution in [1.82, 2.24) is 0 Å². The molecule has 3 atom stereocenters. The van der Waals surface area contributed by atoms with Crippen molar-refractivity contribution in [1.29, 1.82) is 0 Å². The molecule has 0 aliphatic heterocycles. The lowest BCUT2D eigenvalue weighted by Gasteiger charge is -2.36. The van der Waals surface area contributed by atoms with E-state index >= 15 is 0 Å². The molecule has 0 N–H and O–H groups in total. The summed E-state index contributed by atoms with van der Waals surface area (Å²) in [5, 5.41) is 0. The monoisotopic (exact) mass is 168 g/mol. The molecule has 0 bridgehead atoms. The van der Waals surface area contributed by atoms with E-state index in [2.05, 4.69) is 41.5 Å². The number of rotatable bonds is 3. The molecule has 1 saturated carbocycles. The van der Waals surface area contributed by atoms with Crippen LogP contribution in [0.15, 0.2) is 0 Å². The molecule has 0 heterocycles. The van der Waals surface area contributed by atoms with E-state index in [4.69, 9.17) is 0 Å². The van der Waals surface area contributed by atoms with E-state index < -0.39 is 0 Å². The standard InChI is InChI=1S/C12H24/c1-7-11(4,5)10(3)12(6)8-9(12)2/h9-10H,7-8H2,1-6H3. The van der Waals surface area contributed by atoms with Crippen LogP contribution >= 0.6 is 0 Å². The van der Waals surface area contributed by atoms with Gasteiger partial charge in [-0.1, -0.05) is 48.0 Å². The van der Waals surface area contributed by atoms with Crippen molar-refractivity contribution in [3.63, 3.8) is 0 Å². The first-order chi connectivity index (χ1) is 5.34. The first-order valence-electron chi connectivity index (χ1n) is 5.34. The van der Waals surface area contributed by atoms with E-state index in [1.165, 1.54) is 12.8 Å². The summed E-state index contributed by atoms with van der Waals surface area (Å²) in [5.41, 5.74) is 1.18. The van der Waals surface area contributed by atoms with Gasteiger partial charge >= 0.3 is 0 Å². The molecule has 72 valence electrons. The molecule has 3 unspecified atom stereocenters. The summed E-state index contributed by atoms with van der Waals surface area (Å²) in [4.78, 5) is 0. The molecule has 1 aliphatic rings. The molecule has 0 spiro atoms. The second-order valence-corrected chi connectivity index (χ2v) is 5.67. The maximum Gasteiger partial charge on any atom is -0.0266 e. The van der Waals surface area contributed by atoms with Gasteiger partial charge in [0.15, 0.2) is 0 Å². The van der Waals surface area contributed by atoms with Crippen LogP contribution in [-0.2, 0) is 0 Å². The van der Waals surface area contributed by atoms with Gasteiger partial charge in [0.1, 0.15) is 0 Å². The van der Waals surface area contributed by atoms with E-state index in [0.29, 0.717) is 10.8 Å². The summed E-state index contributed by atoms with van der Waals surface area (Å²) in [6.45, 7) is 14.4. The van der Waals surface area contributed by atoms with Crippen LogP contribution in [0.5, 0.6) is 0 Å². The summed E-state index contributed by atoms with van der Waals surface area (Å²) in [6, 6.07) is 0. The topological polar surface area (TPSA) is 0 Å². The SMILES string of the molecule is CCC(C)(C)C(C)C1(C)CC1C. The van der Waals surface area contributed by atoms with Crippen molar-refractivity contribution in [3.05, 3.63) is 0 Å². The zero-order valence-corrected chi connectivity index (χ0v) is 9.57. The zero-order chi connectivity index (χ0) is 9.57. The fraction of sp³-hybridized carbons (Fsp3) is 1.00. The average molecular weight is 168 g/mol. The van der Waals surface area contributed by atoms with E-state index in [1.807, 2.05) is 0 Å². The second-order valence-electron chi connectivity index (χ2n) is 5.67. The average Bonchev–Trinajstić information content (AvgIpc) is 2.60. The molecule has 0 aromatic heterocycles. The highest BCUT2D eigenvalue weighted by molar-refractivity contribution is 5.02. The van der Waals surface area contributed by atoms with Crippen molar-refractivity contribution in [2.45, 2.75) is 54.4 Å². The minimum absolute atomic E-state index is 0.527. The Balaban J connectivity index is 2.65. The highest BCUT2D eigenvalue weighted by Crippen LogP contribution is 2.61. The van der Waals surface area contributed by atoms with Gasteiger partial charge in [-0.25, -0.2) is 0 Å². The van der Waals surface area contributed by atoms with Gasteiger partial charge in [-0.3, -0.25) is 0 Å². The smallest absolute Gasteiger partial charge is 0.0266 e. The molecular weight excluding hydrogens is 144 g/mol. The van der Waals surface area contributed by atoms with Gasteiger partial charge in [0.05, 0.1) is 0 Å². The predicted octanol–water partition coefficient (Wildman–Crippen LogP) is 4.10. The highest BCUT2D eigenvalue weighted by atomic mass is 14.6. The lowest BCUT2D eigenvalue weighted by Crippen LogP contribution is -2.28. The molecular formula is C12H24. The minimum Gasteiger partial charge on any atom is -0.0649 e. The summed E-state index contributed by atoms with van der Waals surface area (Å²) in [5.74, 6) is 1.82. The van der Waals surface area contributed by atoms with Crippen LogP contribution in [-0.4, -0.2) is 0 Å². The van der Waals surface area contributed by atoms with Crippen molar-refractivity contribution >= 4 is 0 Å². The Morgan fingerprint density at radius 3 is 2.17 bits per heavy atom. The first kappa shape index (κ1) is 10.1. The number of hydrogen-bond acceptors (Lipinski definition) is 0. The van der Waals surface area contributed by atoms with Crippen LogP contribution in [0.3, 0.4) is 0 Å². The lowest BCUT2D eigenvalue weighted by molar-refractivity contribution is 0.135. The molecule has 0 heteroatoms. The van der Waals surface area contributed by atoms with Gasteiger partial charge in [0.25, 0.3) is 0 Å². The van der Waals surface area contributed by atoms with Crippen LogP contribution in [0.1, 0.15) is 54.4 Å². The Labute approximate surface area is 77.7 Å². The lowest BCUT2D eigenvalue weighted by atomic mass is 9.69. The Kier molecular flexibility index (Phi) is 2.31. The van der Waals surface area contributed by atoms with Gasteiger partial charge in [0, 0.05) is 0 Å². The van der Waals surface area contributed by atoms with Crippen LogP contribution in [0, 0.1) is 22.7 Å². The number of hydrogen-bond donors (Lipinski definition) is 0. The second kappa shape index (κ2) is 2.75. The molecule has 1 aliphatic carbocycles. The molecule has 0 aromatic carbocycles. The first-order valence-corrected chi connectivity index (χ1v) is 5.34. The van der Waals surface area contributed by atoms with Gasteiger partial charge in [0.2, 0.25) is 0 Å². The molecule has 1 fully saturated rings. The summed E-state index contributed by atoms with van der Waals surface area (Å²) >= 11 is 0. The third-order valence-corrected chi connectivity index (χ3v) is 4.78. The Hall–Kier alpha value is 0. The molecule has 0 radical (unpaired) electrons. The Bertz CT molecular complexity index is 159. The maximum absolute atomic E-state index is 2.46. The van der Waals surface area contributed by atoms with E-state index in [-0.39, 0.29) is 0 Å². The van der Waals surface area contributed by atoms with E-state index in [0.717, 1.165) is 11.8 Å². The van der Waals surface area contributed by atoms with Gasteiger partial charge < -0.3 is 0 Å². The van der Waals surface area contributed by atoms with Crippen molar-refractivity contribution in [2.75, 3.05) is 0 Å². The molecule has 12 heavy (non-hydrogen) atoms. The zero-order valence-electron chi connectivity index (χ0n) is 9.57. The summed E-state index contributed by atoms with van der Waals surface area (Å²) in [7, 11) is 0. The Morgan fingerprint density at radius 2 is 1.92 bits per heavy atom. The summed E-state index contributed by atoms with van der Waals surface area (Å²) in [6.07, 6.45) is 2.74. The third-order valence-electron chi connectivity index (χ3n) is 4.78.